The highest BCUT2D eigenvalue weighted by Crippen LogP contribution is 2.46. The standard InChI is InChI=1S/C36H44N2O7Si/c1-35(2,3)46(5,6)45-32-29(23-39)30(44-33(32)38-22-21-31(40)37-34(38)41)24-43-36(25-13-9-7-10-14-25,26-15-11-8-12-16-26)27-17-19-28(42-4)20-18-27/h7-22,29-30,32-33,39H,23-24H2,1-6H3,(H,37,40,41)/t29-,30+,32+,33+/m0/s1. The number of H-pyrrole nitrogens is 1. The summed E-state index contributed by atoms with van der Waals surface area (Å²) < 4.78 is 27.4. The molecule has 4 aromatic rings. The summed E-state index contributed by atoms with van der Waals surface area (Å²) in [5, 5.41) is 10.7. The van der Waals surface area contributed by atoms with Gasteiger partial charge in [-0.05, 0) is 47.0 Å². The molecule has 1 aromatic heterocycles. The van der Waals surface area contributed by atoms with E-state index in [4.69, 9.17) is 18.6 Å². The molecule has 5 rings (SSSR count). The normalized spacial score (nSPS) is 20.5. The Balaban J connectivity index is 1.60. The predicted octanol–water partition coefficient (Wildman–Crippen LogP) is 5.45. The van der Waals surface area contributed by atoms with E-state index in [0.717, 1.165) is 22.4 Å². The van der Waals surface area contributed by atoms with E-state index >= 15 is 0 Å². The number of aliphatic hydroxyl groups excluding tert-OH is 1. The van der Waals surface area contributed by atoms with Gasteiger partial charge in [0.15, 0.2) is 14.5 Å². The van der Waals surface area contributed by atoms with Gasteiger partial charge >= 0.3 is 5.69 Å². The lowest BCUT2D eigenvalue weighted by Gasteiger charge is -2.40. The fraction of sp³-hybridized carbons (Fsp3) is 0.389. The van der Waals surface area contributed by atoms with Crippen molar-refractivity contribution in [3.05, 3.63) is 135 Å². The summed E-state index contributed by atoms with van der Waals surface area (Å²) in [6.45, 7) is 10.4. The van der Waals surface area contributed by atoms with Gasteiger partial charge in [-0.2, -0.15) is 0 Å². The molecule has 0 bridgehead atoms. The number of rotatable bonds is 11. The van der Waals surface area contributed by atoms with E-state index in [9.17, 15) is 14.7 Å². The minimum atomic E-state index is -2.42. The van der Waals surface area contributed by atoms with E-state index in [0.29, 0.717) is 0 Å². The number of ether oxygens (including phenoxy) is 3. The molecule has 0 unspecified atom stereocenters. The molecule has 0 radical (unpaired) electrons. The summed E-state index contributed by atoms with van der Waals surface area (Å²) in [6.07, 6.45) is -0.810. The van der Waals surface area contributed by atoms with Gasteiger partial charge in [0.2, 0.25) is 0 Å². The van der Waals surface area contributed by atoms with Crippen molar-refractivity contribution in [3.63, 3.8) is 0 Å². The molecule has 0 amide bonds. The third-order valence-corrected chi connectivity index (χ3v) is 13.9. The molecule has 0 saturated carbocycles. The second-order valence-corrected chi connectivity index (χ2v) is 18.0. The molecule has 46 heavy (non-hydrogen) atoms. The highest BCUT2D eigenvalue weighted by Gasteiger charge is 2.52. The second-order valence-electron chi connectivity index (χ2n) is 13.2. The van der Waals surface area contributed by atoms with E-state index in [1.54, 1.807) is 7.11 Å². The maximum absolute atomic E-state index is 13.0. The monoisotopic (exact) mass is 644 g/mol. The fourth-order valence-corrected chi connectivity index (χ4v) is 7.13. The zero-order chi connectivity index (χ0) is 33.1. The first kappa shape index (κ1) is 33.6. The number of aromatic nitrogens is 2. The zero-order valence-electron chi connectivity index (χ0n) is 27.3. The van der Waals surface area contributed by atoms with E-state index < -0.39 is 49.5 Å². The maximum atomic E-state index is 13.0. The summed E-state index contributed by atoms with van der Waals surface area (Å²) in [5.74, 6) is 0.191. The molecular formula is C36H44N2O7Si. The van der Waals surface area contributed by atoms with Crippen molar-refractivity contribution in [3.8, 4) is 5.75 Å². The summed E-state index contributed by atoms with van der Waals surface area (Å²) in [6, 6.07) is 29.0. The van der Waals surface area contributed by atoms with Crippen LogP contribution in [0, 0.1) is 5.92 Å². The van der Waals surface area contributed by atoms with Gasteiger partial charge in [0.05, 0.1) is 32.5 Å². The van der Waals surface area contributed by atoms with Crippen LogP contribution in [-0.4, -0.2) is 55.5 Å². The summed E-state index contributed by atoms with van der Waals surface area (Å²) in [7, 11) is -0.787. The van der Waals surface area contributed by atoms with E-state index in [1.165, 1.54) is 16.8 Å². The van der Waals surface area contributed by atoms with Crippen LogP contribution in [0.4, 0.5) is 0 Å². The van der Waals surface area contributed by atoms with Crippen molar-refractivity contribution in [2.75, 3.05) is 20.3 Å². The molecule has 1 saturated heterocycles. The molecule has 2 heterocycles. The number of benzene rings is 3. The number of methoxy groups -OCH3 is 1. The molecule has 1 fully saturated rings. The largest absolute Gasteiger partial charge is 0.497 e. The fourth-order valence-electron chi connectivity index (χ4n) is 5.81. The van der Waals surface area contributed by atoms with Crippen molar-refractivity contribution in [1.29, 1.82) is 0 Å². The van der Waals surface area contributed by atoms with Crippen LogP contribution in [0.1, 0.15) is 43.7 Å². The van der Waals surface area contributed by atoms with Crippen molar-refractivity contribution in [2.24, 2.45) is 5.92 Å². The Labute approximate surface area is 270 Å². The smallest absolute Gasteiger partial charge is 0.330 e. The van der Waals surface area contributed by atoms with Crippen LogP contribution in [-0.2, 0) is 19.5 Å². The Hall–Kier alpha value is -3.80. The van der Waals surface area contributed by atoms with Crippen LogP contribution in [0.5, 0.6) is 5.75 Å². The minimum absolute atomic E-state index is 0.0625. The van der Waals surface area contributed by atoms with Gasteiger partial charge in [-0.1, -0.05) is 93.6 Å². The molecule has 0 aliphatic carbocycles. The Bertz CT molecular complexity index is 1660. The number of nitrogens with zero attached hydrogens (tertiary/aromatic N) is 1. The average Bonchev–Trinajstić information content (AvgIpc) is 3.38. The van der Waals surface area contributed by atoms with Gasteiger partial charge in [0.25, 0.3) is 5.56 Å². The molecular weight excluding hydrogens is 600 g/mol. The first-order valence-electron chi connectivity index (χ1n) is 15.6. The van der Waals surface area contributed by atoms with Crippen LogP contribution >= 0.6 is 0 Å². The van der Waals surface area contributed by atoms with Crippen LogP contribution in [0.15, 0.2) is 107 Å². The Morgan fingerprint density at radius 1 is 0.870 bits per heavy atom. The van der Waals surface area contributed by atoms with Crippen molar-refractivity contribution < 1.29 is 23.7 Å². The quantitative estimate of drug-likeness (QED) is 0.165. The van der Waals surface area contributed by atoms with E-state index in [1.807, 2.05) is 84.9 Å². The van der Waals surface area contributed by atoms with E-state index in [-0.39, 0.29) is 18.3 Å². The number of aliphatic hydroxyl groups is 1. The van der Waals surface area contributed by atoms with Gasteiger partial charge in [0.1, 0.15) is 11.4 Å². The molecule has 1 aliphatic rings. The van der Waals surface area contributed by atoms with E-state index in [2.05, 4.69) is 38.8 Å². The summed E-state index contributed by atoms with van der Waals surface area (Å²) in [4.78, 5) is 27.3. The van der Waals surface area contributed by atoms with Crippen molar-refractivity contribution in [1.82, 2.24) is 9.55 Å². The van der Waals surface area contributed by atoms with Crippen LogP contribution in [0.25, 0.3) is 0 Å². The summed E-state index contributed by atoms with van der Waals surface area (Å²) >= 11 is 0. The van der Waals surface area contributed by atoms with Gasteiger partial charge in [-0.25, -0.2) is 4.79 Å². The maximum Gasteiger partial charge on any atom is 0.330 e. The van der Waals surface area contributed by atoms with Gasteiger partial charge in [-0.15, -0.1) is 0 Å². The number of aromatic amines is 1. The highest BCUT2D eigenvalue weighted by atomic mass is 28.4. The molecule has 9 nitrogen and oxygen atoms in total. The number of hydrogen-bond donors (Lipinski definition) is 2. The molecule has 244 valence electrons. The lowest BCUT2D eigenvalue weighted by atomic mass is 9.80. The highest BCUT2D eigenvalue weighted by molar-refractivity contribution is 6.74. The SMILES string of the molecule is COc1ccc(C(OC[C@H]2O[C@@H](n3ccc(=O)[nH]c3=O)[C@H](O[Si](C)(C)C(C)(C)C)[C@H]2CO)(c2ccccc2)c2ccccc2)cc1. The number of hydrogen-bond acceptors (Lipinski definition) is 7. The van der Waals surface area contributed by atoms with Gasteiger partial charge < -0.3 is 23.7 Å². The van der Waals surface area contributed by atoms with Crippen molar-refractivity contribution in [2.45, 2.75) is 62.9 Å². The zero-order valence-corrected chi connectivity index (χ0v) is 28.3. The molecule has 2 N–H and O–H groups in total. The van der Waals surface area contributed by atoms with Gasteiger partial charge in [0, 0.05) is 18.2 Å². The first-order chi connectivity index (χ1) is 21.9. The third kappa shape index (κ3) is 6.54. The predicted molar refractivity (Wildman–Crippen MR) is 180 cm³/mol. The second kappa shape index (κ2) is 13.5. The first-order valence-corrected chi connectivity index (χ1v) is 18.5. The third-order valence-electron chi connectivity index (χ3n) is 9.39. The minimum Gasteiger partial charge on any atom is -0.497 e. The number of nitrogens with one attached hydrogen (secondary N) is 1. The Morgan fingerprint density at radius 3 is 1.93 bits per heavy atom. The Morgan fingerprint density at radius 2 is 1.43 bits per heavy atom. The molecule has 1 aliphatic heterocycles. The lowest BCUT2D eigenvalue weighted by molar-refractivity contribution is -0.0913. The Kier molecular flexibility index (Phi) is 9.85. The van der Waals surface area contributed by atoms with Crippen molar-refractivity contribution >= 4 is 8.32 Å². The molecule has 0 spiro atoms. The topological polar surface area (TPSA) is 112 Å². The molecule has 4 atom stereocenters. The molecule has 10 heteroatoms. The van der Waals surface area contributed by atoms with Crippen LogP contribution in [0.3, 0.4) is 0 Å². The lowest BCUT2D eigenvalue weighted by Crippen LogP contribution is -2.49. The van der Waals surface area contributed by atoms with Gasteiger partial charge in [-0.3, -0.25) is 14.3 Å². The summed E-state index contributed by atoms with van der Waals surface area (Å²) in [5.41, 5.74) is 0.530. The average molecular weight is 645 g/mol. The van der Waals surface area contributed by atoms with Crippen LogP contribution < -0.4 is 16.0 Å². The van der Waals surface area contributed by atoms with Crippen LogP contribution in [0.2, 0.25) is 18.1 Å². The molecule has 3 aromatic carbocycles.